The quantitative estimate of drug-likeness (QED) is 0.664. The molecule has 7 heteroatoms. The summed E-state index contributed by atoms with van der Waals surface area (Å²) in [5.41, 5.74) is 1.04. The molecule has 0 spiro atoms. The van der Waals surface area contributed by atoms with E-state index in [-0.39, 0.29) is 10.4 Å². The number of aromatic amines is 1. The molecule has 2 aromatic rings. The number of nitrogens with one attached hydrogen (secondary N) is 2. The molecule has 0 bridgehead atoms. The van der Waals surface area contributed by atoms with Crippen LogP contribution in [0.25, 0.3) is 0 Å². The normalized spacial score (nSPS) is 10.9. The fourth-order valence-electron chi connectivity index (χ4n) is 1.28. The highest BCUT2D eigenvalue weighted by molar-refractivity contribution is 6.32. The Kier molecular flexibility index (Phi) is 3.49. The van der Waals surface area contributed by atoms with Gasteiger partial charge in [-0.05, 0) is 17.5 Å². The third-order valence-corrected chi connectivity index (χ3v) is 2.51. The second-order valence-electron chi connectivity index (χ2n) is 3.83. The lowest BCUT2D eigenvalue weighted by molar-refractivity contribution is 0.811. The van der Waals surface area contributed by atoms with Crippen LogP contribution in [0.15, 0.2) is 12.1 Å². The summed E-state index contributed by atoms with van der Waals surface area (Å²) in [5, 5.41) is 10.4. The molecule has 90 valence electrons. The zero-order chi connectivity index (χ0) is 12.4. The van der Waals surface area contributed by atoms with Crippen LogP contribution in [-0.2, 0) is 0 Å². The number of hydrogen-bond acceptors (Lipinski definition) is 4. The summed E-state index contributed by atoms with van der Waals surface area (Å²) in [7, 11) is 0. The maximum atomic E-state index is 5.77. The van der Waals surface area contributed by atoms with Crippen LogP contribution in [0.4, 0.5) is 11.6 Å². The van der Waals surface area contributed by atoms with Gasteiger partial charge >= 0.3 is 0 Å². The van der Waals surface area contributed by atoms with E-state index in [2.05, 4.69) is 39.3 Å². The highest BCUT2D eigenvalue weighted by atomic mass is 35.5. The maximum absolute atomic E-state index is 5.77. The standard InChI is InChI=1S/C10H11Cl2N5/c1-5(2)6-3-9(17-16-6)14-8-4-7(11)13-10(12)15-8/h3-5H,1-2H3,(H2,13,14,15,16,17). The van der Waals surface area contributed by atoms with Gasteiger partial charge in [0.1, 0.15) is 11.0 Å². The van der Waals surface area contributed by atoms with Crippen molar-refractivity contribution >= 4 is 34.8 Å². The Bertz CT molecular complexity index is 503. The van der Waals surface area contributed by atoms with Crippen molar-refractivity contribution in [3.8, 4) is 0 Å². The highest BCUT2D eigenvalue weighted by Gasteiger charge is 2.06. The van der Waals surface area contributed by atoms with E-state index in [9.17, 15) is 0 Å². The topological polar surface area (TPSA) is 66.5 Å². The van der Waals surface area contributed by atoms with Crippen LogP contribution < -0.4 is 5.32 Å². The van der Waals surface area contributed by atoms with Crippen molar-refractivity contribution in [1.29, 1.82) is 0 Å². The third-order valence-electron chi connectivity index (χ3n) is 2.14. The van der Waals surface area contributed by atoms with Crippen molar-refractivity contribution in [3.63, 3.8) is 0 Å². The van der Waals surface area contributed by atoms with E-state index in [1.54, 1.807) is 6.07 Å². The molecule has 0 atom stereocenters. The van der Waals surface area contributed by atoms with Gasteiger partial charge in [0, 0.05) is 17.8 Å². The van der Waals surface area contributed by atoms with Crippen LogP contribution >= 0.6 is 23.2 Å². The average molecular weight is 272 g/mol. The smallest absolute Gasteiger partial charge is 0.225 e. The van der Waals surface area contributed by atoms with Crippen LogP contribution in [0.2, 0.25) is 10.4 Å². The van der Waals surface area contributed by atoms with Gasteiger partial charge in [-0.2, -0.15) is 5.10 Å². The van der Waals surface area contributed by atoms with Gasteiger partial charge in [-0.15, -0.1) is 0 Å². The minimum Gasteiger partial charge on any atom is -0.323 e. The second kappa shape index (κ2) is 4.89. The predicted octanol–water partition coefficient (Wildman–Crippen LogP) is 3.37. The van der Waals surface area contributed by atoms with Gasteiger partial charge < -0.3 is 5.32 Å². The number of rotatable bonds is 3. The van der Waals surface area contributed by atoms with E-state index in [0.717, 1.165) is 5.69 Å². The molecule has 5 nitrogen and oxygen atoms in total. The monoisotopic (exact) mass is 271 g/mol. The Balaban J connectivity index is 2.19. The molecule has 0 saturated carbocycles. The number of hydrogen-bond donors (Lipinski definition) is 2. The van der Waals surface area contributed by atoms with Gasteiger partial charge in [0.2, 0.25) is 5.28 Å². The zero-order valence-corrected chi connectivity index (χ0v) is 10.8. The van der Waals surface area contributed by atoms with Crippen LogP contribution in [0.5, 0.6) is 0 Å². The second-order valence-corrected chi connectivity index (χ2v) is 4.56. The van der Waals surface area contributed by atoms with Crippen molar-refractivity contribution < 1.29 is 0 Å². The molecule has 0 unspecified atom stereocenters. The van der Waals surface area contributed by atoms with Gasteiger partial charge in [-0.3, -0.25) is 5.10 Å². The largest absolute Gasteiger partial charge is 0.323 e. The molecule has 2 rings (SSSR count). The lowest BCUT2D eigenvalue weighted by Gasteiger charge is -2.02. The average Bonchev–Trinajstić information content (AvgIpc) is 2.64. The third kappa shape index (κ3) is 3.08. The number of aromatic nitrogens is 4. The molecular formula is C10H11Cl2N5. The van der Waals surface area contributed by atoms with E-state index in [0.29, 0.717) is 17.6 Å². The van der Waals surface area contributed by atoms with Crippen molar-refractivity contribution in [2.75, 3.05) is 5.32 Å². The SMILES string of the molecule is CC(C)c1cc(Nc2cc(Cl)nc(Cl)n2)n[nH]1. The molecule has 0 aliphatic carbocycles. The first-order chi connectivity index (χ1) is 8.04. The molecule has 0 amide bonds. The molecular weight excluding hydrogens is 261 g/mol. The van der Waals surface area contributed by atoms with Gasteiger partial charge in [0.15, 0.2) is 5.82 Å². The minimum absolute atomic E-state index is 0.0969. The van der Waals surface area contributed by atoms with Gasteiger partial charge in [0.05, 0.1) is 0 Å². The van der Waals surface area contributed by atoms with Gasteiger partial charge in [-0.1, -0.05) is 25.4 Å². The summed E-state index contributed by atoms with van der Waals surface area (Å²) in [6.45, 7) is 4.16. The molecule has 2 N–H and O–H groups in total. The number of anilines is 2. The number of H-pyrrole nitrogens is 1. The Morgan fingerprint density at radius 1 is 1.18 bits per heavy atom. The van der Waals surface area contributed by atoms with Crippen molar-refractivity contribution in [1.82, 2.24) is 20.2 Å². The van der Waals surface area contributed by atoms with Crippen molar-refractivity contribution in [2.24, 2.45) is 0 Å². The molecule has 0 radical (unpaired) electrons. The minimum atomic E-state index is 0.0969. The Hall–Kier alpha value is -1.33. The molecule has 0 aliphatic heterocycles. The van der Waals surface area contributed by atoms with E-state index in [1.807, 2.05) is 6.07 Å². The predicted molar refractivity (Wildman–Crippen MR) is 68.0 cm³/mol. The highest BCUT2D eigenvalue weighted by Crippen LogP contribution is 2.20. The first kappa shape index (κ1) is 12.1. The lowest BCUT2D eigenvalue weighted by atomic mass is 10.1. The molecule has 0 aliphatic rings. The van der Waals surface area contributed by atoms with E-state index >= 15 is 0 Å². The molecule has 0 saturated heterocycles. The summed E-state index contributed by atoms with van der Waals surface area (Å²) in [6, 6.07) is 3.49. The summed E-state index contributed by atoms with van der Waals surface area (Å²) < 4.78 is 0. The van der Waals surface area contributed by atoms with Crippen LogP contribution in [-0.4, -0.2) is 20.2 Å². The molecule has 2 aromatic heterocycles. The van der Waals surface area contributed by atoms with E-state index in [4.69, 9.17) is 23.2 Å². The summed E-state index contributed by atoms with van der Waals surface area (Å²) in [4.78, 5) is 7.75. The Labute approximate surface area is 109 Å². The van der Waals surface area contributed by atoms with E-state index < -0.39 is 0 Å². The fraction of sp³-hybridized carbons (Fsp3) is 0.300. The molecule has 17 heavy (non-hydrogen) atoms. The summed E-state index contributed by atoms with van der Waals surface area (Å²) >= 11 is 11.5. The van der Waals surface area contributed by atoms with Crippen LogP contribution in [0.1, 0.15) is 25.5 Å². The maximum Gasteiger partial charge on any atom is 0.225 e. The first-order valence-electron chi connectivity index (χ1n) is 5.07. The van der Waals surface area contributed by atoms with Crippen molar-refractivity contribution in [2.45, 2.75) is 19.8 Å². The summed E-state index contributed by atoms with van der Waals surface area (Å²) in [6.07, 6.45) is 0. The lowest BCUT2D eigenvalue weighted by Crippen LogP contribution is -1.95. The van der Waals surface area contributed by atoms with E-state index in [1.165, 1.54) is 0 Å². The number of nitrogens with zero attached hydrogens (tertiary/aromatic N) is 3. The zero-order valence-electron chi connectivity index (χ0n) is 9.33. The fourth-order valence-corrected chi connectivity index (χ4v) is 1.69. The van der Waals surface area contributed by atoms with Crippen LogP contribution in [0.3, 0.4) is 0 Å². The number of halogens is 2. The molecule has 2 heterocycles. The van der Waals surface area contributed by atoms with Crippen molar-refractivity contribution in [3.05, 3.63) is 28.3 Å². The Morgan fingerprint density at radius 3 is 2.53 bits per heavy atom. The first-order valence-corrected chi connectivity index (χ1v) is 5.82. The van der Waals surface area contributed by atoms with Crippen LogP contribution in [0, 0.1) is 0 Å². The molecule has 0 aromatic carbocycles. The molecule has 0 fully saturated rings. The summed E-state index contributed by atoms with van der Waals surface area (Å²) in [5.74, 6) is 1.56. The van der Waals surface area contributed by atoms with Gasteiger partial charge in [-0.25, -0.2) is 9.97 Å². The Morgan fingerprint density at radius 2 is 1.94 bits per heavy atom. The van der Waals surface area contributed by atoms with Gasteiger partial charge in [0.25, 0.3) is 0 Å².